The Labute approximate surface area is 134 Å². The minimum absolute atomic E-state index is 0.833. The molecule has 23 heavy (non-hydrogen) atoms. The highest BCUT2D eigenvalue weighted by atomic mass is 16.5. The zero-order valence-corrected chi connectivity index (χ0v) is 13.8. The molecule has 6 heteroatoms. The Morgan fingerprint density at radius 1 is 1.00 bits per heavy atom. The molecule has 0 aliphatic rings. The van der Waals surface area contributed by atoms with Gasteiger partial charge in [-0.3, -0.25) is 0 Å². The van der Waals surface area contributed by atoms with E-state index in [1.807, 2.05) is 59.0 Å². The molecule has 0 N–H and O–H groups in total. The van der Waals surface area contributed by atoms with Crippen molar-refractivity contribution in [1.29, 1.82) is 0 Å². The van der Waals surface area contributed by atoms with Gasteiger partial charge in [0.1, 0.15) is 18.1 Å². The molecule has 0 amide bonds. The number of hydrogen-bond donors (Lipinski definition) is 0. The number of rotatable bonds is 2. The Balaban J connectivity index is 0.000000753. The average molecular weight is 310 g/mol. The number of benzene rings is 1. The molecule has 0 saturated carbocycles. The molecule has 0 bridgehead atoms. The van der Waals surface area contributed by atoms with Gasteiger partial charge < -0.3 is 4.74 Å². The molecule has 6 nitrogen and oxygen atoms in total. The van der Waals surface area contributed by atoms with Crippen molar-refractivity contribution < 1.29 is 9.25 Å². The molecular weight excluding hydrogens is 290 g/mol. The van der Waals surface area contributed by atoms with Crippen LogP contribution in [0.1, 0.15) is 13.8 Å². The number of aryl methyl sites for hydroxylation is 1. The fraction of sp³-hybridized carbons (Fsp3) is 0.235. The van der Waals surface area contributed by atoms with Gasteiger partial charge in [-0.15, -0.1) is 9.50 Å². The lowest BCUT2D eigenvalue weighted by atomic mass is 10.1. The van der Waals surface area contributed by atoms with Crippen molar-refractivity contribution in [1.82, 2.24) is 19.3 Å². The van der Waals surface area contributed by atoms with Crippen molar-refractivity contribution >= 4 is 11.3 Å². The van der Waals surface area contributed by atoms with Gasteiger partial charge in [0.25, 0.3) is 5.65 Å². The Bertz CT molecular complexity index is 937. The smallest absolute Gasteiger partial charge is 0.346 e. The lowest BCUT2D eigenvalue weighted by Gasteiger charge is -2.00. The lowest BCUT2D eigenvalue weighted by Crippen LogP contribution is -2.26. The van der Waals surface area contributed by atoms with Crippen LogP contribution in [-0.4, -0.2) is 26.4 Å². The van der Waals surface area contributed by atoms with Crippen molar-refractivity contribution in [2.45, 2.75) is 13.8 Å². The fourth-order valence-corrected chi connectivity index (χ4v) is 2.54. The number of methoxy groups -OCH3 is 1. The highest BCUT2D eigenvalue weighted by Crippen LogP contribution is 2.21. The average Bonchev–Trinajstić information content (AvgIpc) is 3.17. The van der Waals surface area contributed by atoms with Crippen LogP contribution in [0, 0.1) is 0 Å². The Morgan fingerprint density at radius 3 is 2.39 bits per heavy atom. The maximum absolute atomic E-state index is 5.19. The van der Waals surface area contributed by atoms with Crippen molar-refractivity contribution in [2.24, 2.45) is 7.05 Å². The predicted octanol–water partition coefficient (Wildman–Crippen LogP) is 2.51. The topological polar surface area (TPSA) is 48.5 Å². The maximum atomic E-state index is 5.19. The third-order valence-corrected chi connectivity index (χ3v) is 3.65. The molecule has 0 saturated heterocycles. The molecule has 1 aromatic carbocycles. The second-order valence-corrected chi connectivity index (χ2v) is 4.83. The van der Waals surface area contributed by atoms with Crippen molar-refractivity contribution in [2.75, 3.05) is 7.11 Å². The first-order valence-corrected chi connectivity index (χ1v) is 7.62. The summed E-state index contributed by atoms with van der Waals surface area (Å²) in [4.78, 5) is 8.76. The Kier molecular flexibility index (Phi) is 3.97. The molecule has 0 unspecified atom stereocenters. The Morgan fingerprint density at radius 2 is 1.70 bits per heavy atom. The number of fused-ring (bicyclic) bond motifs is 3. The van der Waals surface area contributed by atoms with Crippen LogP contribution in [0.15, 0.2) is 49.1 Å². The van der Waals surface area contributed by atoms with Crippen LogP contribution in [0.3, 0.4) is 0 Å². The predicted molar refractivity (Wildman–Crippen MR) is 88.5 cm³/mol. The molecule has 4 rings (SSSR count). The number of ether oxygens (including phenoxy) is 1. The molecule has 0 aliphatic heterocycles. The SMILES string of the molecule is CC.COc1ccc(-c2cn3n(C)c4nccnc4[n+]3c2)cc1. The van der Waals surface area contributed by atoms with Crippen molar-refractivity contribution in [3.8, 4) is 16.9 Å². The summed E-state index contributed by atoms with van der Waals surface area (Å²) in [6, 6.07) is 8.00. The van der Waals surface area contributed by atoms with E-state index in [-0.39, 0.29) is 0 Å². The summed E-state index contributed by atoms with van der Waals surface area (Å²) >= 11 is 0. The lowest BCUT2D eigenvalue weighted by molar-refractivity contribution is -0.597. The first-order chi connectivity index (χ1) is 11.3. The van der Waals surface area contributed by atoms with Crippen molar-refractivity contribution in [3.05, 3.63) is 49.1 Å². The number of nitrogens with zero attached hydrogens (tertiary/aromatic N) is 5. The van der Waals surface area contributed by atoms with Gasteiger partial charge in [0.2, 0.25) is 0 Å². The zero-order valence-electron chi connectivity index (χ0n) is 13.8. The number of aromatic nitrogens is 5. The normalized spacial score (nSPS) is 10.6. The summed E-state index contributed by atoms with van der Waals surface area (Å²) in [5.41, 5.74) is 3.92. The van der Waals surface area contributed by atoms with Gasteiger partial charge in [0.05, 0.1) is 26.6 Å². The van der Waals surface area contributed by atoms with Gasteiger partial charge in [-0.1, -0.05) is 30.6 Å². The van der Waals surface area contributed by atoms with Gasteiger partial charge in [0, 0.05) is 5.56 Å². The van der Waals surface area contributed by atoms with Crippen LogP contribution < -0.4 is 9.25 Å². The van der Waals surface area contributed by atoms with E-state index in [0.717, 1.165) is 28.2 Å². The molecule has 4 aromatic rings. The summed E-state index contributed by atoms with van der Waals surface area (Å²) in [6.45, 7) is 4.00. The molecule has 0 spiro atoms. The van der Waals surface area contributed by atoms with E-state index in [9.17, 15) is 0 Å². The highest BCUT2D eigenvalue weighted by molar-refractivity contribution is 5.64. The van der Waals surface area contributed by atoms with Gasteiger partial charge >= 0.3 is 5.65 Å². The minimum atomic E-state index is 0.833. The monoisotopic (exact) mass is 310 g/mol. The quantitative estimate of drug-likeness (QED) is 0.535. The summed E-state index contributed by atoms with van der Waals surface area (Å²) in [6.07, 6.45) is 7.52. The van der Waals surface area contributed by atoms with Crippen molar-refractivity contribution in [3.63, 3.8) is 0 Å². The van der Waals surface area contributed by atoms with E-state index in [1.54, 1.807) is 19.5 Å². The van der Waals surface area contributed by atoms with E-state index in [1.165, 1.54) is 0 Å². The fourth-order valence-electron chi connectivity index (χ4n) is 2.54. The second-order valence-electron chi connectivity index (χ2n) is 4.83. The van der Waals surface area contributed by atoms with E-state index < -0.39 is 0 Å². The summed E-state index contributed by atoms with van der Waals surface area (Å²) in [5, 5.41) is 0. The van der Waals surface area contributed by atoms with Crippen LogP contribution in [0.5, 0.6) is 5.75 Å². The molecule has 3 aromatic heterocycles. The first-order valence-electron chi connectivity index (χ1n) is 7.62. The molecule has 118 valence electrons. The van der Waals surface area contributed by atoms with E-state index in [4.69, 9.17) is 4.74 Å². The standard InChI is InChI=1S/C15H14N5O.C2H6/c1-18-14-15(17-8-7-16-14)19-9-12(10-20(18)19)11-3-5-13(21-2)6-4-11;1-2/h3-10H,1-2H3;1-2H3/q+1;. The van der Waals surface area contributed by atoms with Gasteiger partial charge in [-0.25, -0.2) is 4.98 Å². The largest absolute Gasteiger partial charge is 0.497 e. The van der Waals surface area contributed by atoms with Crippen LogP contribution in [0.2, 0.25) is 0 Å². The van der Waals surface area contributed by atoms with E-state index >= 15 is 0 Å². The van der Waals surface area contributed by atoms with Crippen LogP contribution in [-0.2, 0) is 7.05 Å². The summed E-state index contributed by atoms with van der Waals surface area (Å²) in [7, 11) is 3.64. The van der Waals surface area contributed by atoms with Crippen LogP contribution >= 0.6 is 0 Å². The third kappa shape index (κ3) is 2.42. The molecular formula is C17H20N5O+. The van der Waals surface area contributed by atoms with Gasteiger partial charge in [-0.05, 0) is 17.7 Å². The minimum Gasteiger partial charge on any atom is -0.497 e. The third-order valence-electron chi connectivity index (χ3n) is 3.65. The van der Waals surface area contributed by atoms with E-state index in [2.05, 4.69) is 22.4 Å². The molecule has 0 fully saturated rings. The molecule has 0 radical (unpaired) electrons. The van der Waals surface area contributed by atoms with Crippen LogP contribution in [0.25, 0.3) is 22.4 Å². The molecule has 3 heterocycles. The molecule has 0 aliphatic carbocycles. The Hall–Kier alpha value is -2.89. The molecule has 0 atom stereocenters. The maximum Gasteiger partial charge on any atom is 0.346 e. The van der Waals surface area contributed by atoms with E-state index in [0.29, 0.717) is 0 Å². The van der Waals surface area contributed by atoms with Crippen LogP contribution in [0.4, 0.5) is 0 Å². The second kappa shape index (κ2) is 6.08. The van der Waals surface area contributed by atoms with Gasteiger partial charge in [0.15, 0.2) is 0 Å². The zero-order chi connectivity index (χ0) is 16.4. The number of hydrogen-bond acceptors (Lipinski definition) is 3. The first kappa shape index (κ1) is 15.0. The highest BCUT2D eigenvalue weighted by Gasteiger charge is 2.18. The summed E-state index contributed by atoms with van der Waals surface area (Å²) in [5.74, 6) is 0.853. The van der Waals surface area contributed by atoms with Gasteiger partial charge in [-0.2, -0.15) is 4.68 Å². The summed E-state index contributed by atoms with van der Waals surface area (Å²) < 4.78 is 11.1.